The molecule has 21 heavy (non-hydrogen) atoms. The fourth-order valence-corrected chi connectivity index (χ4v) is 1.81. The Labute approximate surface area is 123 Å². The summed E-state index contributed by atoms with van der Waals surface area (Å²) in [5.41, 5.74) is 7.68. The molecule has 5 N–H and O–H groups in total. The van der Waals surface area contributed by atoms with Crippen LogP contribution in [0, 0.1) is 0 Å². The van der Waals surface area contributed by atoms with Crippen LogP contribution in [0.2, 0.25) is 0 Å². The van der Waals surface area contributed by atoms with Gasteiger partial charge in [0.25, 0.3) is 0 Å². The lowest BCUT2D eigenvalue weighted by Crippen LogP contribution is -2.10. The third kappa shape index (κ3) is 4.22. The number of nitrogens with two attached hydrogens (primary N) is 1. The SMILES string of the molecule is CN(C)c1cccc(Nc2cc(NCCO)nc(N)n2)c1. The first-order chi connectivity index (χ1) is 10.1. The largest absolute Gasteiger partial charge is 0.395 e. The molecule has 0 unspecified atom stereocenters. The summed E-state index contributed by atoms with van der Waals surface area (Å²) in [6.07, 6.45) is 0. The number of hydrogen-bond donors (Lipinski definition) is 4. The standard InChI is InChI=1S/C14H20N6O/c1-20(2)11-5-3-4-10(8-11)17-13-9-12(16-6-7-21)18-14(15)19-13/h3-5,8-9,21H,6-7H2,1-2H3,(H4,15,16,17,18,19). The minimum atomic E-state index is 0.0253. The topological polar surface area (TPSA) is 99.3 Å². The van der Waals surface area contributed by atoms with E-state index in [4.69, 9.17) is 10.8 Å². The van der Waals surface area contributed by atoms with Gasteiger partial charge in [-0.3, -0.25) is 0 Å². The lowest BCUT2D eigenvalue weighted by molar-refractivity contribution is 0.311. The van der Waals surface area contributed by atoms with Crippen LogP contribution in [-0.4, -0.2) is 42.3 Å². The third-order valence-corrected chi connectivity index (χ3v) is 2.80. The number of benzene rings is 1. The van der Waals surface area contributed by atoms with Crippen LogP contribution in [0.15, 0.2) is 30.3 Å². The lowest BCUT2D eigenvalue weighted by Gasteiger charge is -2.14. The molecular weight excluding hydrogens is 268 g/mol. The minimum absolute atomic E-state index is 0.0253. The van der Waals surface area contributed by atoms with Gasteiger partial charge in [-0.15, -0.1) is 0 Å². The number of nitrogens with one attached hydrogen (secondary N) is 2. The first-order valence-corrected chi connectivity index (χ1v) is 6.62. The number of hydrogen-bond acceptors (Lipinski definition) is 7. The highest BCUT2D eigenvalue weighted by molar-refractivity contribution is 5.65. The molecule has 0 aliphatic heterocycles. The molecule has 1 aromatic carbocycles. The third-order valence-electron chi connectivity index (χ3n) is 2.80. The number of aliphatic hydroxyl groups excluding tert-OH is 1. The first-order valence-electron chi connectivity index (χ1n) is 6.62. The van der Waals surface area contributed by atoms with Crippen molar-refractivity contribution in [2.45, 2.75) is 0 Å². The van der Waals surface area contributed by atoms with Crippen LogP contribution in [0.25, 0.3) is 0 Å². The highest BCUT2D eigenvalue weighted by Gasteiger charge is 2.04. The zero-order valence-corrected chi connectivity index (χ0v) is 12.2. The van der Waals surface area contributed by atoms with E-state index in [1.54, 1.807) is 6.07 Å². The van der Waals surface area contributed by atoms with Gasteiger partial charge in [-0.05, 0) is 18.2 Å². The molecule has 0 bridgehead atoms. The summed E-state index contributed by atoms with van der Waals surface area (Å²) in [7, 11) is 3.97. The van der Waals surface area contributed by atoms with Crippen LogP contribution in [0.4, 0.5) is 29.0 Å². The fourth-order valence-electron chi connectivity index (χ4n) is 1.81. The van der Waals surface area contributed by atoms with E-state index in [0.717, 1.165) is 11.4 Å². The smallest absolute Gasteiger partial charge is 0.223 e. The molecule has 0 aliphatic carbocycles. The van der Waals surface area contributed by atoms with Crippen LogP contribution in [-0.2, 0) is 0 Å². The Balaban J connectivity index is 2.18. The average Bonchev–Trinajstić information content (AvgIpc) is 2.45. The molecule has 0 saturated heterocycles. The first kappa shape index (κ1) is 14.9. The van der Waals surface area contributed by atoms with Gasteiger partial charge in [-0.25, -0.2) is 0 Å². The molecule has 0 spiro atoms. The zero-order chi connectivity index (χ0) is 15.2. The van der Waals surface area contributed by atoms with E-state index in [0.29, 0.717) is 18.2 Å². The second kappa shape index (κ2) is 6.76. The number of nitrogen functional groups attached to an aromatic ring is 1. The van der Waals surface area contributed by atoms with E-state index >= 15 is 0 Å². The molecule has 7 nitrogen and oxygen atoms in total. The summed E-state index contributed by atoms with van der Waals surface area (Å²) in [6.45, 7) is 0.434. The van der Waals surface area contributed by atoms with E-state index in [-0.39, 0.29) is 12.6 Å². The van der Waals surface area contributed by atoms with Gasteiger partial charge in [-0.1, -0.05) is 6.07 Å². The predicted octanol–water partition coefficient (Wildman–Crippen LogP) is 1.27. The molecule has 0 saturated carbocycles. The maximum atomic E-state index is 8.83. The van der Waals surface area contributed by atoms with Gasteiger partial charge in [-0.2, -0.15) is 9.97 Å². The minimum Gasteiger partial charge on any atom is -0.395 e. The van der Waals surface area contributed by atoms with Gasteiger partial charge in [0.2, 0.25) is 5.95 Å². The Kier molecular flexibility index (Phi) is 4.78. The van der Waals surface area contributed by atoms with Crippen molar-refractivity contribution in [1.29, 1.82) is 0 Å². The van der Waals surface area contributed by atoms with Gasteiger partial charge in [0, 0.05) is 38.1 Å². The molecule has 2 aromatic rings. The molecular formula is C14H20N6O. The quantitative estimate of drug-likeness (QED) is 0.635. The van der Waals surface area contributed by atoms with Gasteiger partial charge < -0.3 is 26.4 Å². The lowest BCUT2D eigenvalue weighted by atomic mass is 10.2. The highest BCUT2D eigenvalue weighted by Crippen LogP contribution is 2.22. The van der Waals surface area contributed by atoms with Crippen molar-refractivity contribution in [3.63, 3.8) is 0 Å². The van der Waals surface area contributed by atoms with Gasteiger partial charge in [0.1, 0.15) is 11.6 Å². The molecule has 0 radical (unpaired) electrons. The molecule has 0 aliphatic rings. The fraction of sp³-hybridized carbons (Fsp3) is 0.286. The summed E-state index contributed by atoms with van der Waals surface area (Å²) in [5, 5.41) is 15.0. The molecule has 7 heteroatoms. The summed E-state index contributed by atoms with van der Waals surface area (Å²) in [6, 6.07) is 9.69. The maximum absolute atomic E-state index is 8.83. The summed E-state index contributed by atoms with van der Waals surface area (Å²) >= 11 is 0. The van der Waals surface area contributed by atoms with Crippen LogP contribution < -0.4 is 21.3 Å². The Morgan fingerprint density at radius 1 is 1.19 bits per heavy atom. The van der Waals surface area contributed by atoms with Crippen LogP contribution in [0.1, 0.15) is 0 Å². The van der Waals surface area contributed by atoms with Crippen molar-refractivity contribution >= 4 is 29.0 Å². The van der Waals surface area contributed by atoms with Crippen molar-refractivity contribution < 1.29 is 5.11 Å². The van der Waals surface area contributed by atoms with Gasteiger partial charge >= 0.3 is 0 Å². The van der Waals surface area contributed by atoms with E-state index in [1.165, 1.54) is 0 Å². The van der Waals surface area contributed by atoms with Gasteiger partial charge in [0.15, 0.2) is 0 Å². The Morgan fingerprint density at radius 2 is 1.95 bits per heavy atom. The van der Waals surface area contributed by atoms with Crippen molar-refractivity contribution in [1.82, 2.24) is 9.97 Å². The highest BCUT2D eigenvalue weighted by atomic mass is 16.3. The van der Waals surface area contributed by atoms with Gasteiger partial charge in [0.05, 0.1) is 6.61 Å². The van der Waals surface area contributed by atoms with Crippen molar-refractivity contribution in [3.05, 3.63) is 30.3 Å². The Bertz CT molecular complexity index is 602. The molecule has 1 aromatic heterocycles. The van der Waals surface area contributed by atoms with Crippen LogP contribution in [0.3, 0.4) is 0 Å². The number of rotatable bonds is 6. The summed E-state index contributed by atoms with van der Waals surface area (Å²) in [5.74, 6) is 1.34. The van der Waals surface area contributed by atoms with Crippen LogP contribution in [0.5, 0.6) is 0 Å². The van der Waals surface area contributed by atoms with Crippen molar-refractivity contribution in [2.75, 3.05) is 48.5 Å². The number of nitrogens with zero attached hydrogens (tertiary/aromatic N) is 3. The molecule has 112 valence electrons. The molecule has 1 heterocycles. The van der Waals surface area contributed by atoms with E-state index < -0.39 is 0 Å². The van der Waals surface area contributed by atoms with Crippen molar-refractivity contribution in [2.24, 2.45) is 0 Å². The molecule has 0 fully saturated rings. The Morgan fingerprint density at radius 3 is 2.67 bits per heavy atom. The predicted molar refractivity (Wildman–Crippen MR) is 86.1 cm³/mol. The number of aromatic nitrogens is 2. The van der Waals surface area contributed by atoms with Crippen molar-refractivity contribution in [3.8, 4) is 0 Å². The average molecular weight is 288 g/mol. The zero-order valence-electron chi connectivity index (χ0n) is 12.2. The number of aliphatic hydroxyl groups is 1. The summed E-state index contributed by atoms with van der Waals surface area (Å²) < 4.78 is 0. The maximum Gasteiger partial charge on any atom is 0.223 e. The Hall–Kier alpha value is -2.54. The van der Waals surface area contributed by atoms with Crippen LogP contribution >= 0.6 is 0 Å². The summed E-state index contributed by atoms with van der Waals surface area (Å²) in [4.78, 5) is 10.2. The molecule has 2 rings (SSSR count). The normalized spacial score (nSPS) is 10.2. The second-order valence-electron chi connectivity index (χ2n) is 4.72. The van der Waals surface area contributed by atoms with E-state index in [1.807, 2.05) is 43.3 Å². The monoisotopic (exact) mass is 288 g/mol. The molecule has 0 atom stereocenters. The molecule has 0 amide bonds. The second-order valence-corrected chi connectivity index (χ2v) is 4.72. The van der Waals surface area contributed by atoms with E-state index in [2.05, 4.69) is 20.6 Å². The van der Waals surface area contributed by atoms with E-state index in [9.17, 15) is 0 Å². The number of anilines is 5.